The van der Waals surface area contributed by atoms with Crippen LogP contribution in [-0.2, 0) is 25.5 Å². The van der Waals surface area contributed by atoms with Gasteiger partial charge in [0.1, 0.15) is 0 Å². The molecule has 0 spiro atoms. The van der Waals surface area contributed by atoms with Crippen molar-refractivity contribution in [1.82, 2.24) is 10.4 Å². The number of hydrazine groups is 1. The van der Waals surface area contributed by atoms with Crippen molar-refractivity contribution in [3.63, 3.8) is 0 Å². The number of halogens is 1. The number of carbonyl (C=O) groups excluding carboxylic acids is 4. The Kier molecular flexibility index (Phi) is 7.63. The first-order chi connectivity index (χ1) is 15.3. The molecule has 9 heteroatoms. The van der Waals surface area contributed by atoms with Gasteiger partial charge in [-0.3, -0.25) is 29.6 Å². The van der Waals surface area contributed by atoms with Gasteiger partial charge >= 0.3 is 5.97 Å². The minimum atomic E-state index is -0.758. The van der Waals surface area contributed by atoms with Crippen molar-refractivity contribution in [2.45, 2.75) is 26.7 Å². The molecule has 1 fully saturated rings. The quantitative estimate of drug-likeness (QED) is 0.567. The first-order valence-corrected chi connectivity index (χ1v) is 11.0. The van der Waals surface area contributed by atoms with Gasteiger partial charge in [-0.25, -0.2) is 0 Å². The van der Waals surface area contributed by atoms with Gasteiger partial charge in [0, 0.05) is 22.1 Å². The zero-order valence-electron chi connectivity index (χ0n) is 17.8. The van der Waals surface area contributed by atoms with Crippen LogP contribution >= 0.6 is 15.9 Å². The fourth-order valence-corrected chi connectivity index (χ4v) is 3.81. The molecular weight excluding hydrogens is 478 g/mol. The van der Waals surface area contributed by atoms with E-state index < -0.39 is 30.3 Å². The second-order valence-electron chi connectivity index (χ2n) is 7.47. The van der Waals surface area contributed by atoms with Crippen molar-refractivity contribution < 1.29 is 23.9 Å². The molecule has 168 valence electrons. The molecule has 0 bridgehead atoms. The molecule has 0 aliphatic carbocycles. The van der Waals surface area contributed by atoms with Crippen LogP contribution in [0.1, 0.15) is 34.8 Å². The molecule has 2 aromatic carbocycles. The molecule has 3 rings (SSSR count). The van der Waals surface area contributed by atoms with E-state index in [4.69, 9.17) is 4.74 Å². The molecule has 1 aliphatic rings. The summed E-state index contributed by atoms with van der Waals surface area (Å²) in [6.07, 6.45) is 0.629. The third-order valence-electron chi connectivity index (χ3n) is 5.15. The largest absolute Gasteiger partial charge is 0.455 e. The van der Waals surface area contributed by atoms with E-state index in [1.54, 1.807) is 31.2 Å². The third-order valence-corrected chi connectivity index (χ3v) is 5.65. The third kappa shape index (κ3) is 5.73. The van der Waals surface area contributed by atoms with Gasteiger partial charge in [-0.2, -0.15) is 0 Å². The molecule has 1 heterocycles. The molecule has 0 unspecified atom stereocenters. The van der Waals surface area contributed by atoms with Crippen molar-refractivity contribution in [1.29, 1.82) is 0 Å². The van der Waals surface area contributed by atoms with Crippen LogP contribution in [0.4, 0.5) is 5.69 Å². The lowest BCUT2D eigenvalue weighted by Gasteiger charge is -2.18. The molecular formula is C23H24BrN3O5. The van der Waals surface area contributed by atoms with E-state index in [0.29, 0.717) is 11.3 Å². The molecule has 1 aliphatic heterocycles. The van der Waals surface area contributed by atoms with E-state index in [9.17, 15) is 19.2 Å². The number of carbonyl (C=O) groups is 4. The number of hydrogen-bond acceptors (Lipinski definition) is 5. The lowest BCUT2D eigenvalue weighted by Crippen LogP contribution is -2.43. The van der Waals surface area contributed by atoms with Crippen molar-refractivity contribution in [2.75, 3.05) is 18.5 Å². The van der Waals surface area contributed by atoms with Gasteiger partial charge < -0.3 is 10.1 Å². The molecule has 1 atom stereocenters. The summed E-state index contributed by atoms with van der Waals surface area (Å²) in [4.78, 5) is 49.3. The van der Waals surface area contributed by atoms with E-state index in [0.717, 1.165) is 27.0 Å². The number of amides is 3. The van der Waals surface area contributed by atoms with Crippen molar-refractivity contribution in [3.8, 4) is 0 Å². The zero-order valence-corrected chi connectivity index (χ0v) is 19.4. The monoisotopic (exact) mass is 501 g/mol. The number of aryl methyl sites for hydroxylation is 2. The smallest absolute Gasteiger partial charge is 0.311 e. The fraction of sp³-hybridized carbons (Fsp3) is 0.304. The molecule has 3 amide bonds. The fourth-order valence-electron chi connectivity index (χ4n) is 3.40. The Balaban J connectivity index is 1.51. The lowest BCUT2D eigenvalue weighted by atomic mass is 10.1. The van der Waals surface area contributed by atoms with Gasteiger partial charge in [0.15, 0.2) is 6.61 Å². The Morgan fingerprint density at radius 1 is 1.19 bits per heavy atom. The van der Waals surface area contributed by atoms with E-state index >= 15 is 0 Å². The highest BCUT2D eigenvalue weighted by atomic mass is 79.9. The predicted molar refractivity (Wildman–Crippen MR) is 122 cm³/mol. The molecule has 0 radical (unpaired) electrons. The first-order valence-electron chi connectivity index (χ1n) is 10.2. The molecule has 8 nitrogen and oxygen atoms in total. The summed E-state index contributed by atoms with van der Waals surface area (Å²) >= 11 is 3.39. The summed E-state index contributed by atoms with van der Waals surface area (Å²) in [7, 11) is 0. The number of nitrogens with one attached hydrogen (secondary N) is 2. The number of benzene rings is 2. The highest BCUT2D eigenvalue weighted by Gasteiger charge is 2.36. The highest BCUT2D eigenvalue weighted by molar-refractivity contribution is 9.10. The molecule has 0 aromatic heterocycles. The number of ether oxygens (including phenoxy) is 1. The number of nitrogens with zero attached hydrogens (tertiary/aromatic N) is 1. The van der Waals surface area contributed by atoms with Crippen LogP contribution in [0.5, 0.6) is 0 Å². The summed E-state index contributed by atoms with van der Waals surface area (Å²) < 4.78 is 6.02. The Labute approximate surface area is 194 Å². The average molecular weight is 502 g/mol. The summed E-state index contributed by atoms with van der Waals surface area (Å²) in [5.74, 6) is -2.70. The van der Waals surface area contributed by atoms with Gasteiger partial charge in [0.2, 0.25) is 5.91 Å². The standard InChI is InChI=1S/C23H24BrN3O5/c1-3-15-10-17(24)8-9-19(15)25-20(28)13-32-23(31)16-11-21(29)27(12-16)26-22(30)18-7-5-4-6-14(18)2/h4-10,16H,3,11-13H2,1-2H3,(H,25,28)(H,26,30)/t16-/m0/s1. The minimum Gasteiger partial charge on any atom is -0.455 e. The van der Waals surface area contributed by atoms with E-state index in [-0.39, 0.29) is 18.9 Å². The Morgan fingerprint density at radius 2 is 1.94 bits per heavy atom. The van der Waals surface area contributed by atoms with E-state index in [1.165, 1.54) is 0 Å². The van der Waals surface area contributed by atoms with Crippen LogP contribution in [0.2, 0.25) is 0 Å². The summed E-state index contributed by atoms with van der Waals surface area (Å²) in [5.41, 5.74) is 5.36. The van der Waals surface area contributed by atoms with Crippen LogP contribution in [0.15, 0.2) is 46.9 Å². The molecule has 32 heavy (non-hydrogen) atoms. The van der Waals surface area contributed by atoms with Gasteiger partial charge in [0.05, 0.1) is 12.5 Å². The predicted octanol–water partition coefficient (Wildman–Crippen LogP) is 3.00. The van der Waals surface area contributed by atoms with E-state index in [2.05, 4.69) is 26.7 Å². The Bertz CT molecular complexity index is 1060. The average Bonchev–Trinajstić information content (AvgIpc) is 3.13. The maximum atomic E-state index is 12.4. The summed E-state index contributed by atoms with van der Waals surface area (Å²) in [5, 5.41) is 3.85. The van der Waals surface area contributed by atoms with Crippen LogP contribution in [0.3, 0.4) is 0 Å². The minimum absolute atomic E-state index is 0.0103. The molecule has 2 N–H and O–H groups in total. The second-order valence-corrected chi connectivity index (χ2v) is 8.39. The van der Waals surface area contributed by atoms with Gasteiger partial charge in [-0.15, -0.1) is 0 Å². The second kappa shape index (κ2) is 10.4. The van der Waals surface area contributed by atoms with E-state index in [1.807, 2.05) is 25.1 Å². The van der Waals surface area contributed by atoms with Crippen LogP contribution in [0, 0.1) is 12.8 Å². The first kappa shape index (κ1) is 23.5. The van der Waals surface area contributed by atoms with Crippen molar-refractivity contribution in [3.05, 3.63) is 63.6 Å². The Hall–Kier alpha value is -3.20. The summed E-state index contributed by atoms with van der Waals surface area (Å²) in [6, 6.07) is 12.5. The zero-order chi connectivity index (χ0) is 23.3. The number of anilines is 1. The van der Waals surface area contributed by atoms with Crippen LogP contribution < -0.4 is 10.7 Å². The lowest BCUT2D eigenvalue weighted by molar-refractivity contribution is -0.151. The highest BCUT2D eigenvalue weighted by Crippen LogP contribution is 2.22. The van der Waals surface area contributed by atoms with Gasteiger partial charge in [-0.1, -0.05) is 41.1 Å². The van der Waals surface area contributed by atoms with Crippen molar-refractivity contribution >= 4 is 45.3 Å². The SMILES string of the molecule is CCc1cc(Br)ccc1NC(=O)COC(=O)[C@H]1CC(=O)N(NC(=O)c2ccccc2C)C1. The normalized spacial score (nSPS) is 15.4. The van der Waals surface area contributed by atoms with Gasteiger partial charge in [0.25, 0.3) is 11.8 Å². The maximum absolute atomic E-state index is 12.4. The topological polar surface area (TPSA) is 105 Å². The number of esters is 1. The molecule has 1 saturated heterocycles. The van der Waals surface area contributed by atoms with Crippen LogP contribution in [-0.4, -0.2) is 41.9 Å². The van der Waals surface area contributed by atoms with Crippen molar-refractivity contribution in [2.24, 2.45) is 5.92 Å². The van der Waals surface area contributed by atoms with Gasteiger partial charge in [-0.05, 0) is 48.7 Å². The number of hydrogen-bond donors (Lipinski definition) is 2. The summed E-state index contributed by atoms with van der Waals surface area (Å²) in [6.45, 7) is 3.30. The number of rotatable bonds is 7. The van der Waals surface area contributed by atoms with Crippen LogP contribution in [0.25, 0.3) is 0 Å². The maximum Gasteiger partial charge on any atom is 0.311 e. The molecule has 0 saturated carbocycles. The Morgan fingerprint density at radius 3 is 2.66 bits per heavy atom. The molecule has 2 aromatic rings.